The van der Waals surface area contributed by atoms with Crippen LogP contribution in [0.4, 0.5) is 0 Å². The highest BCUT2D eigenvalue weighted by molar-refractivity contribution is 7.91. The van der Waals surface area contributed by atoms with Crippen LogP contribution in [0.1, 0.15) is 11.5 Å². The van der Waals surface area contributed by atoms with Crippen LogP contribution < -0.4 is 10.5 Å². The quantitative estimate of drug-likeness (QED) is 0.854. The number of benzene rings is 1. The van der Waals surface area contributed by atoms with Gasteiger partial charge in [0.15, 0.2) is 9.84 Å². The third-order valence-corrected chi connectivity index (χ3v) is 5.27. The molecule has 0 bridgehead atoms. The molecular formula is C13H19NO4S. The molecule has 1 aliphatic carbocycles. The highest BCUT2D eigenvalue weighted by Gasteiger charge is 2.67. The van der Waals surface area contributed by atoms with Gasteiger partial charge in [0, 0.05) is 19.3 Å². The van der Waals surface area contributed by atoms with Crippen molar-refractivity contribution in [2.75, 3.05) is 27.1 Å². The molecule has 1 aliphatic rings. The Hall–Kier alpha value is -1.11. The lowest BCUT2D eigenvalue weighted by Crippen LogP contribution is -2.35. The number of ether oxygens (including phenoxy) is 2. The van der Waals surface area contributed by atoms with E-state index in [-0.39, 0.29) is 12.5 Å². The topological polar surface area (TPSA) is 78.6 Å². The van der Waals surface area contributed by atoms with Crippen molar-refractivity contribution in [2.24, 2.45) is 5.73 Å². The Bertz CT molecular complexity index is 555. The summed E-state index contributed by atoms with van der Waals surface area (Å²) in [6.07, 6.45) is 1.22. The standard InChI is InChI=1S/C13H19NO4S/c1-17-8-13(14)11(12(13)19(3,15)16)9-4-6-10(18-2)7-5-9/h4-7,11-12H,8,14H2,1-3H3/t11-,12+,13-/m0/s1. The molecule has 0 aliphatic heterocycles. The van der Waals surface area contributed by atoms with Gasteiger partial charge in [-0.15, -0.1) is 0 Å². The van der Waals surface area contributed by atoms with Crippen molar-refractivity contribution >= 4 is 9.84 Å². The molecule has 19 heavy (non-hydrogen) atoms. The molecule has 0 spiro atoms. The van der Waals surface area contributed by atoms with E-state index >= 15 is 0 Å². The highest BCUT2D eigenvalue weighted by atomic mass is 32.2. The molecule has 1 aromatic carbocycles. The summed E-state index contributed by atoms with van der Waals surface area (Å²) in [6.45, 7) is 0.224. The highest BCUT2D eigenvalue weighted by Crippen LogP contribution is 2.54. The van der Waals surface area contributed by atoms with Crippen molar-refractivity contribution in [2.45, 2.75) is 16.7 Å². The summed E-state index contributed by atoms with van der Waals surface area (Å²) in [7, 11) is -0.0967. The van der Waals surface area contributed by atoms with E-state index in [2.05, 4.69) is 0 Å². The molecule has 5 nitrogen and oxygen atoms in total. The minimum absolute atomic E-state index is 0.224. The van der Waals surface area contributed by atoms with E-state index < -0.39 is 20.6 Å². The lowest BCUT2D eigenvalue weighted by Gasteiger charge is -2.10. The largest absolute Gasteiger partial charge is 0.497 e. The number of sulfone groups is 1. The van der Waals surface area contributed by atoms with Crippen LogP contribution in [0.15, 0.2) is 24.3 Å². The molecule has 0 radical (unpaired) electrons. The Morgan fingerprint density at radius 2 is 1.84 bits per heavy atom. The lowest BCUT2D eigenvalue weighted by molar-refractivity contribution is 0.171. The molecule has 0 amide bonds. The Morgan fingerprint density at radius 3 is 2.26 bits per heavy atom. The zero-order valence-electron chi connectivity index (χ0n) is 11.3. The Morgan fingerprint density at radius 1 is 1.26 bits per heavy atom. The minimum atomic E-state index is -3.21. The van der Waals surface area contributed by atoms with Crippen LogP contribution in [0, 0.1) is 0 Å². The molecule has 0 unspecified atom stereocenters. The van der Waals surface area contributed by atoms with E-state index in [1.165, 1.54) is 13.4 Å². The smallest absolute Gasteiger partial charge is 0.152 e. The van der Waals surface area contributed by atoms with Gasteiger partial charge in [0.1, 0.15) is 5.75 Å². The van der Waals surface area contributed by atoms with E-state index in [1.807, 2.05) is 12.1 Å². The lowest BCUT2D eigenvalue weighted by atomic mass is 10.1. The van der Waals surface area contributed by atoms with Crippen molar-refractivity contribution in [3.63, 3.8) is 0 Å². The van der Waals surface area contributed by atoms with E-state index in [4.69, 9.17) is 15.2 Å². The molecule has 1 saturated carbocycles. The first-order valence-electron chi connectivity index (χ1n) is 5.95. The predicted octanol–water partition coefficient (Wildman–Crippen LogP) is 0.550. The van der Waals surface area contributed by atoms with Gasteiger partial charge in [-0.25, -0.2) is 8.42 Å². The first-order valence-corrected chi connectivity index (χ1v) is 7.90. The van der Waals surface area contributed by atoms with Crippen LogP contribution in [0.2, 0.25) is 0 Å². The zero-order chi connectivity index (χ0) is 14.3. The predicted molar refractivity (Wildman–Crippen MR) is 73.2 cm³/mol. The monoisotopic (exact) mass is 285 g/mol. The molecule has 0 heterocycles. The Balaban J connectivity index is 2.32. The molecule has 106 valence electrons. The van der Waals surface area contributed by atoms with Gasteiger partial charge in [0.05, 0.1) is 24.5 Å². The number of hydrogen-bond donors (Lipinski definition) is 1. The third kappa shape index (κ3) is 2.48. The van der Waals surface area contributed by atoms with Gasteiger partial charge in [-0.1, -0.05) is 12.1 Å². The van der Waals surface area contributed by atoms with E-state index in [0.717, 1.165) is 11.3 Å². The first kappa shape index (κ1) is 14.3. The Kier molecular flexibility index (Phi) is 3.59. The van der Waals surface area contributed by atoms with Gasteiger partial charge >= 0.3 is 0 Å². The summed E-state index contributed by atoms with van der Waals surface area (Å²) in [5.41, 5.74) is 6.26. The number of rotatable bonds is 5. The summed E-state index contributed by atoms with van der Waals surface area (Å²) in [5, 5.41) is -0.589. The van der Waals surface area contributed by atoms with Crippen molar-refractivity contribution in [1.29, 1.82) is 0 Å². The maximum absolute atomic E-state index is 11.8. The SMILES string of the molecule is COC[C@@]1(N)[C@H](S(C)(=O)=O)[C@@H]1c1ccc(OC)cc1. The van der Waals surface area contributed by atoms with Crippen LogP contribution in [-0.4, -0.2) is 46.3 Å². The second-order valence-corrected chi connectivity index (χ2v) is 7.21. The second-order valence-electron chi connectivity index (χ2n) is 5.05. The van der Waals surface area contributed by atoms with Crippen LogP contribution in [0.5, 0.6) is 5.75 Å². The molecular weight excluding hydrogens is 266 g/mol. The number of methoxy groups -OCH3 is 2. The van der Waals surface area contributed by atoms with Crippen LogP contribution in [0.3, 0.4) is 0 Å². The van der Waals surface area contributed by atoms with Crippen LogP contribution in [0.25, 0.3) is 0 Å². The Labute approximate surface area is 113 Å². The van der Waals surface area contributed by atoms with Gasteiger partial charge in [0.2, 0.25) is 0 Å². The average Bonchev–Trinajstić information content (AvgIpc) is 2.96. The van der Waals surface area contributed by atoms with Crippen molar-refractivity contribution in [1.82, 2.24) is 0 Å². The van der Waals surface area contributed by atoms with Crippen molar-refractivity contribution < 1.29 is 17.9 Å². The van der Waals surface area contributed by atoms with Crippen LogP contribution in [-0.2, 0) is 14.6 Å². The molecule has 0 aromatic heterocycles. The van der Waals surface area contributed by atoms with Gasteiger partial charge in [0.25, 0.3) is 0 Å². The van der Waals surface area contributed by atoms with Gasteiger partial charge < -0.3 is 15.2 Å². The maximum atomic E-state index is 11.8. The summed E-state index contributed by atoms with van der Waals surface area (Å²) >= 11 is 0. The first-order chi connectivity index (χ1) is 8.84. The third-order valence-electron chi connectivity index (χ3n) is 3.63. The normalized spacial score (nSPS) is 30.1. The summed E-state index contributed by atoms with van der Waals surface area (Å²) in [4.78, 5) is 0. The zero-order valence-corrected chi connectivity index (χ0v) is 12.1. The summed E-state index contributed by atoms with van der Waals surface area (Å²) < 4.78 is 33.8. The van der Waals surface area contributed by atoms with Gasteiger partial charge in [-0.05, 0) is 17.7 Å². The molecule has 3 atom stereocenters. The minimum Gasteiger partial charge on any atom is -0.497 e. The van der Waals surface area contributed by atoms with E-state index in [1.54, 1.807) is 19.2 Å². The molecule has 1 fully saturated rings. The van der Waals surface area contributed by atoms with E-state index in [9.17, 15) is 8.42 Å². The fourth-order valence-electron chi connectivity index (χ4n) is 2.79. The average molecular weight is 285 g/mol. The van der Waals surface area contributed by atoms with Gasteiger partial charge in [-0.2, -0.15) is 0 Å². The molecule has 1 aromatic rings. The fraction of sp³-hybridized carbons (Fsp3) is 0.538. The summed E-state index contributed by atoms with van der Waals surface area (Å²) in [5.74, 6) is 0.503. The second kappa shape index (κ2) is 4.77. The summed E-state index contributed by atoms with van der Waals surface area (Å²) in [6, 6.07) is 7.32. The molecule has 6 heteroatoms. The maximum Gasteiger partial charge on any atom is 0.152 e. The van der Waals surface area contributed by atoms with E-state index in [0.29, 0.717) is 0 Å². The number of nitrogens with two attached hydrogens (primary N) is 1. The van der Waals surface area contributed by atoms with Crippen LogP contribution >= 0.6 is 0 Å². The number of hydrogen-bond acceptors (Lipinski definition) is 5. The molecule has 2 rings (SSSR count). The van der Waals surface area contributed by atoms with Crippen molar-refractivity contribution in [3.05, 3.63) is 29.8 Å². The van der Waals surface area contributed by atoms with Gasteiger partial charge in [-0.3, -0.25) is 0 Å². The molecule has 0 saturated heterocycles. The fourth-order valence-corrected chi connectivity index (χ4v) is 4.63. The van der Waals surface area contributed by atoms with Crippen molar-refractivity contribution in [3.8, 4) is 5.75 Å². The molecule has 2 N–H and O–H groups in total.